The van der Waals surface area contributed by atoms with Crippen molar-refractivity contribution in [3.63, 3.8) is 0 Å². The number of hydrogen-bond acceptors (Lipinski definition) is 6. The van der Waals surface area contributed by atoms with Crippen LogP contribution in [-0.4, -0.2) is 37.2 Å². The van der Waals surface area contributed by atoms with Gasteiger partial charge in [-0.25, -0.2) is 0 Å². The molecular formula is C66H124O6. The van der Waals surface area contributed by atoms with Gasteiger partial charge in [-0.2, -0.15) is 0 Å². The second kappa shape index (κ2) is 61.4. The van der Waals surface area contributed by atoms with E-state index in [-0.39, 0.29) is 31.1 Å². The van der Waals surface area contributed by atoms with E-state index >= 15 is 0 Å². The minimum absolute atomic E-state index is 0.0694. The second-order valence-corrected chi connectivity index (χ2v) is 22.0. The molecular weight excluding hydrogens is 889 g/mol. The smallest absolute Gasteiger partial charge is 0.306 e. The maximum atomic E-state index is 12.8. The summed E-state index contributed by atoms with van der Waals surface area (Å²) in [6, 6.07) is 0. The minimum Gasteiger partial charge on any atom is -0.462 e. The standard InChI is InChI=1S/C66H124O6/c1-4-7-10-13-16-19-21-23-24-25-26-27-28-29-30-31-32-33-34-35-36-37-38-39-40-41-42-44-45-47-50-53-56-59-65(68)71-62-63(61-70-64(67)58-55-52-49-18-15-12-9-6-3)72-66(69)60-57-54-51-48-46-43-22-20-17-14-11-8-5-2/h20,22,25-26,63H,4-19,21,23-24,27-62H2,1-3H3/b22-20-,26-25-. The molecule has 0 spiro atoms. The average molecular weight is 1010 g/mol. The SMILES string of the molecule is CCCCCC/C=C\CCCCCCCC(=O)OC(COC(=O)CCCCCCCCCC)COC(=O)CCCCCCCCCCCCCCCCCCCCCCC/C=C\CCCCCCCCCC. The van der Waals surface area contributed by atoms with Gasteiger partial charge in [0.1, 0.15) is 13.2 Å². The van der Waals surface area contributed by atoms with E-state index in [9.17, 15) is 14.4 Å². The first-order chi connectivity index (χ1) is 35.5. The molecule has 0 saturated heterocycles. The summed E-state index contributed by atoms with van der Waals surface area (Å²) >= 11 is 0. The molecule has 0 aromatic carbocycles. The van der Waals surface area contributed by atoms with Gasteiger partial charge < -0.3 is 14.2 Å². The van der Waals surface area contributed by atoms with Gasteiger partial charge in [-0.15, -0.1) is 0 Å². The van der Waals surface area contributed by atoms with E-state index in [1.165, 1.54) is 257 Å². The fourth-order valence-corrected chi connectivity index (χ4v) is 9.79. The van der Waals surface area contributed by atoms with Crippen LogP contribution in [0.25, 0.3) is 0 Å². The molecule has 424 valence electrons. The molecule has 0 aromatic heterocycles. The van der Waals surface area contributed by atoms with E-state index < -0.39 is 6.10 Å². The van der Waals surface area contributed by atoms with Crippen LogP contribution >= 0.6 is 0 Å². The number of carbonyl (C=O) groups is 3. The van der Waals surface area contributed by atoms with Crippen molar-refractivity contribution in [2.24, 2.45) is 0 Å². The molecule has 0 fully saturated rings. The van der Waals surface area contributed by atoms with Crippen LogP contribution in [0, 0.1) is 0 Å². The van der Waals surface area contributed by atoms with E-state index in [4.69, 9.17) is 14.2 Å². The monoisotopic (exact) mass is 1010 g/mol. The Morgan fingerprint density at radius 2 is 0.458 bits per heavy atom. The molecule has 0 aliphatic heterocycles. The summed E-state index contributed by atoms with van der Waals surface area (Å²) in [5, 5.41) is 0. The highest BCUT2D eigenvalue weighted by molar-refractivity contribution is 5.71. The summed E-state index contributed by atoms with van der Waals surface area (Å²) < 4.78 is 16.8. The Hall–Kier alpha value is -2.11. The largest absolute Gasteiger partial charge is 0.462 e. The summed E-state index contributed by atoms with van der Waals surface area (Å²) in [5.74, 6) is -0.863. The first-order valence-electron chi connectivity index (χ1n) is 32.3. The molecule has 6 nitrogen and oxygen atoms in total. The highest BCUT2D eigenvalue weighted by Crippen LogP contribution is 2.18. The zero-order valence-corrected chi connectivity index (χ0v) is 48.7. The van der Waals surface area contributed by atoms with Gasteiger partial charge in [0, 0.05) is 19.3 Å². The Labute approximate surface area is 449 Å². The third kappa shape index (κ3) is 58.8. The zero-order chi connectivity index (χ0) is 52.2. The molecule has 0 N–H and O–H groups in total. The van der Waals surface area contributed by atoms with Crippen molar-refractivity contribution in [3.05, 3.63) is 24.3 Å². The quantitative estimate of drug-likeness (QED) is 0.0261. The molecule has 1 unspecified atom stereocenters. The van der Waals surface area contributed by atoms with Crippen LogP contribution in [0.3, 0.4) is 0 Å². The lowest BCUT2D eigenvalue weighted by Crippen LogP contribution is -2.30. The summed E-state index contributed by atoms with van der Waals surface area (Å²) in [7, 11) is 0. The second-order valence-electron chi connectivity index (χ2n) is 22.0. The van der Waals surface area contributed by atoms with Crippen LogP contribution in [0.4, 0.5) is 0 Å². The Morgan fingerprint density at radius 1 is 0.264 bits per heavy atom. The molecule has 72 heavy (non-hydrogen) atoms. The van der Waals surface area contributed by atoms with Gasteiger partial charge in [-0.3, -0.25) is 14.4 Å². The fraction of sp³-hybridized carbons (Fsp3) is 0.894. The molecule has 0 aromatic rings. The van der Waals surface area contributed by atoms with Crippen molar-refractivity contribution < 1.29 is 28.6 Å². The highest BCUT2D eigenvalue weighted by Gasteiger charge is 2.19. The molecule has 0 radical (unpaired) electrons. The normalized spacial score (nSPS) is 12.1. The van der Waals surface area contributed by atoms with Crippen molar-refractivity contribution in [1.82, 2.24) is 0 Å². The summed E-state index contributed by atoms with van der Waals surface area (Å²) in [6.45, 7) is 6.63. The lowest BCUT2D eigenvalue weighted by molar-refractivity contribution is -0.167. The Kier molecular flexibility index (Phi) is 59.6. The highest BCUT2D eigenvalue weighted by atomic mass is 16.6. The number of hydrogen-bond donors (Lipinski definition) is 0. The van der Waals surface area contributed by atoms with Crippen LogP contribution in [0.15, 0.2) is 24.3 Å². The van der Waals surface area contributed by atoms with Crippen LogP contribution in [0.5, 0.6) is 0 Å². The number of unbranched alkanes of at least 4 members (excludes halogenated alkanes) is 45. The van der Waals surface area contributed by atoms with Gasteiger partial charge in [-0.05, 0) is 70.6 Å². The van der Waals surface area contributed by atoms with E-state index in [0.29, 0.717) is 19.3 Å². The van der Waals surface area contributed by atoms with Crippen molar-refractivity contribution in [2.45, 2.75) is 367 Å². The van der Waals surface area contributed by atoms with Crippen molar-refractivity contribution in [2.75, 3.05) is 13.2 Å². The molecule has 0 saturated carbocycles. The van der Waals surface area contributed by atoms with Gasteiger partial charge in [0.2, 0.25) is 0 Å². The summed E-state index contributed by atoms with van der Waals surface area (Å²) in [5.41, 5.74) is 0. The van der Waals surface area contributed by atoms with E-state index in [2.05, 4.69) is 45.1 Å². The van der Waals surface area contributed by atoms with Crippen molar-refractivity contribution in [1.29, 1.82) is 0 Å². The predicted octanol–water partition coefficient (Wildman–Crippen LogP) is 21.8. The Bertz CT molecular complexity index is 1160. The maximum absolute atomic E-state index is 12.8. The first kappa shape index (κ1) is 69.9. The topological polar surface area (TPSA) is 78.9 Å². The summed E-state index contributed by atoms with van der Waals surface area (Å²) in [4.78, 5) is 38.0. The third-order valence-electron chi connectivity index (χ3n) is 14.7. The van der Waals surface area contributed by atoms with Crippen LogP contribution in [0.2, 0.25) is 0 Å². The lowest BCUT2D eigenvalue weighted by atomic mass is 10.0. The van der Waals surface area contributed by atoms with Crippen molar-refractivity contribution >= 4 is 17.9 Å². The molecule has 1 atom stereocenters. The van der Waals surface area contributed by atoms with Crippen LogP contribution < -0.4 is 0 Å². The lowest BCUT2D eigenvalue weighted by Gasteiger charge is -2.18. The van der Waals surface area contributed by atoms with Crippen LogP contribution in [-0.2, 0) is 28.6 Å². The number of ether oxygens (including phenoxy) is 3. The number of carbonyl (C=O) groups excluding carboxylic acids is 3. The molecule has 0 rings (SSSR count). The molecule has 0 amide bonds. The predicted molar refractivity (Wildman–Crippen MR) is 312 cm³/mol. The summed E-state index contributed by atoms with van der Waals surface area (Å²) in [6.07, 6.45) is 73.8. The first-order valence-corrected chi connectivity index (χ1v) is 32.3. The fourth-order valence-electron chi connectivity index (χ4n) is 9.79. The van der Waals surface area contributed by atoms with Gasteiger partial charge >= 0.3 is 17.9 Å². The van der Waals surface area contributed by atoms with Gasteiger partial charge in [0.25, 0.3) is 0 Å². The van der Waals surface area contributed by atoms with E-state index in [1.807, 2.05) is 0 Å². The molecule has 6 heteroatoms. The third-order valence-corrected chi connectivity index (χ3v) is 14.7. The van der Waals surface area contributed by atoms with Gasteiger partial charge in [-0.1, -0.05) is 295 Å². The Morgan fingerprint density at radius 3 is 0.708 bits per heavy atom. The van der Waals surface area contributed by atoms with Crippen molar-refractivity contribution in [3.8, 4) is 0 Å². The van der Waals surface area contributed by atoms with Crippen LogP contribution in [0.1, 0.15) is 361 Å². The van der Waals surface area contributed by atoms with Gasteiger partial charge in [0.15, 0.2) is 6.10 Å². The maximum Gasteiger partial charge on any atom is 0.306 e. The molecule has 0 aliphatic rings. The molecule has 0 bridgehead atoms. The average Bonchev–Trinajstić information content (AvgIpc) is 3.38. The molecule has 0 aliphatic carbocycles. The zero-order valence-electron chi connectivity index (χ0n) is 48.7. The number of allylic oxidation sites excluding steroid dienone is 4. The van der Waals surface area contributed by atoms with E-state index in [1.54, 1.807) is 0 Å². The number of rotatable bonds is 60. The molecule has 0 heterocycles. The van der Waals surface area contributed by atoms with Gasteiger partial charge in [0.05, 0.1) is 0 Å². The minimum atomic E-state index is -0.769. The number of esters is 3. The Balaban J connectivity index is 3.94. The van der Waals surface area contributed by atoms with E-state index in [0.717, 1.165) is 64.2 Å².